The van der Waals surface area contributed by atoms with E-state index in [2.05, 4.69) is 24.1 Å². The normalized spacial score (nSPS) is 22.0. The van der Waals surface area contributed by atoms with Gasteiger partial charge in [0, 0.05) is 25.2 Å². The van der Waals surface area contributed by atoms with Gasteiger partial charge < -0.3 is 15.3 Å². The summed E-state index contributed by atoms with van der Waals surface area (Å²) in [6.07, 6.45) is 0. The largest absolute Gasteiger partial charge is 0.480 e. The number of hydrogen-bond acceptors (Lipinski definition) is 3. The van der Waals surface area contributed by atoms with Crippen LogP contribution >= 0.6 is 0 Å². The van der Waals surface area contributed by atoms with Crippen LogP contribution in [0.15, 0.2) is 0 Å². The number of carboxylic acid groups (broad SMARTS) is 1. The van der Waals surface area contributed by atoms with E-state index >= 15 is 0 Å². The van der Waals surface area contributed by atoms with E-state index < -0.39 is 12.0 Å². The van der Waals surface area contributed by atoms with Gasteiger partial charge in [0.15, 0.2) is 0 Å². The second kappa shape index (κ2) is 4.91. The monoisotopic (exact) mass is 243 g/mol. The van der Waals surface area contributed by atoms with E-state index in [-0.39, 0.29) is 11.6 Å². The molecule has 2 N–H and O–H groups in total. The number of carbonyl (C=O) groups is 2. The van der Waals surface area contributed by atoms with Crippen LogP contribution in [0.25, 0.3) is 0 Å². The van der Waals surface area contributed by atoms with Crippen LogP contribution in [0.4, 0.5) is 4.79 Å². The van der Waals surface area contributed by atoms with Crippen molar-refractivity contribution in [2.75, 3.05) is 26.7 Å². The zero-order chi connectivity index (χ0) is 13.2. The van der Waals surface area contributed by atoms with E-state index in [1.54, 1.807) is 4.90 Å². The van der Waals surface area contributed by atoms with Gasteiger partial charge in [-0.3, -0.25) is 9.69 Å². The molecule has 17 heavy (non-hydrogen) atoms. The molecule has 0 aliphatic carbocycles. The Morgan fingerprint density at radius 2 is 1.94 bits per heavy atom. The van der Waals surface area contributed by atoms with Crippen molar-refractivity contribution in [2.45, 2.75) is 32.4 Å². The van der Waals surface area contributed by atoms with Crippen LogP contribution in [-0.2, 0) is 4.79 Å². The molecule has 2 amide bonds. The van der Waals surface area contributed by atoms with Crippen LogP contribution in [0.1, 0.15) is 20.8 Å². The van der Waals surface area contributed by atoms with Crippen molar-refractivity contribution in [1.82, 2.24) is 15.1 Å². The minimum absolute atomic E-state index is 0.0813. The predicted molar refractivity (Wildman–Crippen MR) is 63.9 cm³/mol. The average Bonchev–Trinajstić information content (AvgIpc) is 2.21. The van der Waals surface area contributed by atoms with Gasteiger partial charge in [-0.05, 0) is 27.8 Å². The van der Waals surface area contributed by atoms with Crippen LogP contribution < -0.4 is 5.32 Å². The molecule has 0 radical (unpaired) electrons. The highest BCUT2D eigenvalue weighted by Gasteiger charge is 2.33. The van der Waals surface area contributed by atoms with Crippen molar-refractivity contribution in [3.63, 3.8) is 0 Å². The van der Waals surface area contributed by atoms with Crippen molar-refractivity contribution >= 4 is 12.0 Å². The zero-order valence-electron chi connectivity index (χ0n) is 10.9. The molecule has 1 aliphatic heterocycles. The van der Waals surface area contributed by atoms with Crippen LogP contribution in [0.3, 0.4) is 0 Å². The lowest BCUT2D eigenvalue weighted by Gasteiger charge is -2.45. The molecule has 1 fully saturated rings. The third-order valence-corrected chi connectivity index (χ3v) is 3.31. The number of rotatable bonds is 2. The maximum absolute atomic E-state index is 11.8. The second-order valence-electron chi connectivity index (χ2n) is 5.16. The average molecular weight is 243 g/mol. The molecule has 1 rings (SSSR count). The van der Waals surface area contributed by atoms with Gasteiger partial charge in [0.1, 0.15) is 6.04 Å². The van der Waals surface area contributed by atoms with E-state index in [9.17, 15) is 9.59 Å². The molecule has 0 spiro atoms. The molecule has 1 saturated heterocycles. The van der Waals surface area contributed by atoms with Gasteiger partial charge in [-0.15, -0.1) is 0 Å². The number of likely N-dealkylation sites (N-methyl/N-ethyl adjacent to an activating group) is 1. The summed E-state index contributed by atoms with van der Waals surface area (Å²) in [6.45, 7) is 7.60. The molecule has 0 saturated carbocycles. The van der Waals surface area contributed by atoms with Crippen molar-refractivity contribution in [3.05, 3.63) is 0 Å². The first-order chi connectivity index (χ1) is 7.74. The third-order valence-electron chi connectivity index (χ3n) is 3.31. The number of urea groups is 1. The van der Waals surface area contributed by atoms with Crippen LogP contribution in [0.5, 0.6) is 0 Å². The molecule has 98 valence electrons. The summed E-state index contributed by atoms with van der Waals surface area (Å²) < 4.78 is 0. The van der Waals surface area contributed by atoms with Gasteiger partial charge in [0.2, 0.25) is 0 Å². The maximum atomic E-state index is 11.8. The Labute approximate surface area is 102 Å². The Kier molecular flexibility index (Phi) is 3.98. The summed E-state index contributed by atoms with van der Waals surface area (Å²) in [4.78, 5) is 26.4. The minimum atomic E-state index is -1.02. The van der Waals surface area contributed by atoms with Gasteiger partial charge in [-0.2, -0.15) is 0 Å². The fourth-order valence-electron chi connectivity index (χ4n) is 1.75. The standard InChI is InChI=1S/C11H21N3O3/c1-8(9(15)16)12-10(17)14-6-5-13(4)11(2,3)7-14/h8H,5-7H2,1-4H3,(H,12,17)(H,15,16)/t8-/m0/s1. The molecule has 1 heterocycles. The van der Waals surface area contributed by atoms with E-state index in [1.807, 2.05) is 7.05 Å². The summed E-state index contributed by atoms with van der Waals surface area (Å²) in [5, 5.41) is 11.2. The first-order valence-corrected chi connectivity index (χ1v) is 5.73. The Hall–Kier alpha value is -1.30. The molecule has 0 aromatic carbocycles. The lowest BCUT2D eigenvalue weighted by Crippen LogP contribution is -2.61. The predicted octanol–water partition coefficient (Wildman–Crippen LogP) is 0.195. The summed E-state index contributed by atoms with van der Waals surface area (Å²) in [5.74, 6) is -1.02. The number of carboxylic acids is 1. The third kappa shape index (κ3) is 3.33. The number of piperazine rings is 1. The maximum Gasteiger partial charge on any atom is 0.325 e. The molecule has 0 unspecified atom stereocenters. The van der Waals surface area contributed by atoms with Gasteiger partial charge in [-0.25, -0.2) is 4.79 Å². The number of carbonyl (C=O) groups excluding carboxylic acids is 1. The van der Waals surface area contributed by atoms with Crippen molar-refractivity contribution in [2.24, 2.45) is 0 Å². The van der Waals surface area contributed by atoms with Crippen molar-refractivity contribution < 1.29 is 14.7 Å². The van der Waals surface area contributed by atoms with Gasteiger partial charge in [0.25, 0.3) is 0 Å². The van der Waals surface area contributed by atoms with E-state index in [0.717, 1.165) is 6.54 Å². The molecule has 6 heteroatoms. The quantitative estimate of drug-likeness (QED) is 0.726. The molecule has 0 aromatic heterocycles. The highest BCUT2D eigenvalue weighted by molar-refractivity contribution is 5.82. The minimum Gasteiger partial charge on any atom is -0.480 e. The van der Waals surface area contributed by atoms with Crippen molar-refractivity contribution in [3.8, 4) is 0 Å². The fourth-order valence-corrected chi connectivity index (χ4v) is 1.75. The molecule has 6 nitrogen and oxygen atoms in total. The number of hydrogen-bond donors (Lipinski definition) is 2. The highest BCUT2D eigenvalue weighted by atomic mass is 16.4. The first-order valence-electron chi connectivity index (χ1n) is 5.73. The van der Waals surface area contributed by atoms with Crippen LogP contribution in [0.2, 0.25) is 0 Å². The van der Waals surface area contributed by atoms with E-state index in [0.29, 0.717) is 13.1 Å². The zero-order valence-corrected chi connectivity index (χ0v) is 10.9. The Balaban J connectivity index is 2.57. The van der Waals surface area contributed by atoms with Crippen LogP contribution in [0, 0.1) is 0 Å². The van der Waals surface area contributed by atoms with E-state index in [4.69, 9.17) is 5.11 Å². The first kappa shape index (κ1) is 13.8. The highest BCUT2D eigenvalue weighted by Crippen LogP contribution is 2.18. The SMILES string of the molecule is C[C@H](NC(=O)N1CCN(C)C(C)(C)C1)C(=O)O. The Bertz CT molecular complexity index is 317. The van der Waals surface area contributed by atoms with Gasteiger partial charge in [0.05, 0.1) is 0 Å². The Morgan fingerprint density at radius 3 is 2.41 bits per heavy atom. The molecule has 1 aliphatic rings. The lowest BCUT2D eigenvalue weighted by molar-refractivity contribution is -0.138. The van der Waals surface area contributed by atoms with Crippen molar-refractivity contribution in [1.29, 1.82) is 0 Å². The van der Waals surface area contributed by atoms with Gasteiger partial charge in [-0.1, -0.05) is 0 Å². The smallest absolute Gasteiger partial charge is 0.325 e. The lowest BCUT2D eigenvalue weighted by atomic mass is 10.00. The summed E-state index contributed by atoms with van der Waals surface area (Å²) in [6, 6.07) is -1.16. The molecule has 0 aromatic rings. The summed E-state index contributed by atoms with van der Waals surface area (Å²) in [7, 11) is 2.02. The van der Waals surface area contributed by atoms with Gasteiger partial charge >= 0.3 is 12.0 Å². The van der Waals surface area contributed by atoms with E-state index in [1.165, 1.54) is 6.92 Å². The number of amides is 2. The summed E-state index contributed by atoms with van der Waals surface area (Å²) >= 11 is 0. The molecule has 1 atom stereocenters. The fraction of sp³-hybridized carbons (Fsp3) is 0.818. The molecular formula is C11H21N3O3. The number of nitrogens with zero attached hydrogens (tertiary/aromatic N) is 2. The number of nitrogens with one attached hydrogen (secondary N) is 1. The van der Waals surface area contributed by atoms with Crippen LogP contribution in [-0.4, -0.2) is 65.2 Å². The summed E-state index contributed by atoms with van der Waals surface area (Å²) in [5.41, 5.74) is -0.0813. The topological polar surface area (TPSA) is 72.9 Å². The second-order valence-corrected chi connectivity index (χ2v) is 5.16. The Morgan fingerprint density at radius 1 is 1.35 bits per heavy atom. The molecular weight excluding hydrogens is 222 g/mol. The molecule has 0 bridgehead atoms. The number of aliphatic carboxylic acids is 1.